The van der Waals surface area contributed by atoms with E-state index >= 15 is 0 Å². The van der Waals surface area contributed by atoms with Gasteiger partial charge < -0.3 is 0 Å². The maximum atomic E-state index is 12.8. The van der Waals surface area contributed by atoms with Gasteiger partial charge in [0.15, 0.2) is 5.13 Å². The summed E-state index contributed by atoms with van der Waals surface area (Å²) in [5.74, 6) is 1.32. The Kier molecular flexibility index (Phi) is 6.08. The lowest BCUT2D eigenvalue weighted by Gasteiger charge is -2.34. The number of likely N-dealkylation sites (tertiary alicyclic amines) is 1. The number of hydrogen-bond donors (Lipinski definition) is 1. The van der Waals surface area contributed by atoms with Crippen LogP contribution in [0.15, 0.2) is 35.7 Å². The number of nitrogens with zero attached hydrogens (tertiary/aromatic N) is 3. The number of aromatic nitrogens is 2. The van der Waals surface area contributed by atoms with Crippen LogP contribution in [0.3, 0.4) is 0 Å². The van der Waals surface area contributed by atoms with E-state index < -0.39 is 0 Å². The highest BCUT2D eigenvalue weighted by atomic mass is 32.1. The van der Waals surface area contributed by atoms with Crippen LogP contribution in [0.4, 0.5) is 5.13 Å². The number of nitrogens with one attached hydrogen (secondary N) is 1. The van der Waals surface area contributed by atoms with Crippen LogP contribution in [0, 0.1) is 18.8 Å². The van der Waals surface area contributed by atoms with Gasteiger partial charge in [-0.05, 0) is 25.2 Å². The first kappa shape index (κ1) is 20.2. The van der Waals surface area contributed by atoms with Gasteiger partial charge in [0.1, 0.15) is 9.88 Å². The van der Waals surface area contributed by atoms with Gasteiger partial charge >= 0.3 is 0 Å². The van der Waals surface area contributed by atoms with Crippen LogP contribution in [-0.2, 0) is 6.54 Å². The van der Waals surface area contributed by atoms with E-state index in [9.17, 15) is 4.79 Å². The molecule has 0 bridgehead atoms. The second-order valence-electron chi connectivity index (χ2n) is 8.04. The average molecular weight is 427 g/mol. The zero-order valence-electron chi connectivity index (χ0n) is 17.0. The Morgan fingerprint density at radius 1 is 1.17 bits per heavy atom. The molecule has 0 spiro atoms. The topological polar surface area (TPSA) is 58.1 Å². The molecule has 1 aliphatic heterocycles. The molecule has 2 aromatic heterocycles. The van der Waals surface area contributed by atoms with Gasteiger partial charge in [0.2, 0.25) is 0 Å². The molecule has 7 heteroatoms. The normalized spacial score (nSPS) is 20.0. The third-order valence-electron chi connectivity index (χ3n) is 5.13. The van der Waals surface area contributed by atoms with E-state index in [1.807, 2.05) is 37.3 Å². The highest BCUT2D eigenvalue weighted by molar-refractivity contribution is 7.17. The predicted molar refractivity (Wildman–Crippen MR) is 121 cm³/mol. The summed E-state index contributed by atoms with van der Waals surface area (Å²) in [6.07, 6.45) is 1.30. The summed E-state index contributed by atoms with van der Waals surface area (Å²) < 4.78 is 0. The number of amides is 1. The highest BCUT2D eigenvalue weighted by Gasteiger charge is 2.23. The second-order valence-corrected chi connectivity index (χ2v) is 9.89. The molecule has 1 aromatic carbocycles. The van der Waals surface area contributed by atoms with Gasteiger partial charge in [-0.1, -0.05) is 44.2 Å². The Labute approximate surface area is 179 Å². The van der Waals surface area contributed by atoms with E-state index in [-0.39, 0.29) is 5.91 Å². The third-order valence-corrected chi connectivity index (χ3v) is 7.14. The number of anilines is 1. The van der Waals surface area contributed by atoms with Crippen molar-refractivity contribution >= 4 is 33.7 Å². The molecule has 1 aliphatic rings. The number of thiazole rings is 2. The van der Waals surface area contributed by atoms with E-state index in [0.717, 1.165) is 53.4 Å². The number of aryl methyl sites for hydroxylation is 1. The maximum absolute atomic E-state index is 12.8. The van der Waals surface area contributed by atoms with Crippen molar-refractivity contribution in [1.29, 1.82) is 0 Å². The molecule has 29 heavy (non-hydrogen) atoms. The molecule has 0 unspecified atom stereocenters. The molecule has 5 nitrogen and oxygen atoms in total. The SMILES string of the molecule is Cc1nc(-c2ccccc2)sc1C(=O)Nc1nc(CN2C[C@@H](C)C[C@H](C)C2)cs1. The Morgan fingerprint density at radius 3 is 2.62 bits per heavy atom. The first-order valence-electron chi connectivity index (χ1n) is 9.99. The van der Waals surface area contributed by atoms with Gasteiger partial charge in [0.05, 0.1) is 11.4 Å². The van der Waals surface area contributed by atoms with Crippen molar-refractivity contribution < 1.29 is 4.79 Å². The summed E-state index contributed by atoms with van der Waals surface area (Å²) in [7, 11) is 0. The molecule has 3 heterocycles. The summed E-state index contributed by atoms with van der Waals surface area (Å²) in [6.45, 7) is 9.59. The molecule has 1 fully saturated rings. The Bertz CT molecular complexity index is 972. The second kappa shape index (κ2) is 8.73. The molecule has 152 valence electrons. The number of hydrogen-bond acceptors (Lipinski definition) is 6. The van der Waals surface area contributed by atoms with Crippen LogP contribution in [0.1, 0.15) is 41.3 Å². The van der Waals surface area contributed by atoms with E-state index in [1.165, 1.54) is 29.1 Å². The van der Waals surface area contributed by atoms with Crippen molar-refractivity contribution in [2.75, 3.05) is 18.4 Å². The standard InChI is InChI=1S/C22H26N4OS2/c1-14-9-15(2)11-26(10-14)12-18-13-28-22(24-18)25-20(27)19-16(3)23-21(29-19)17-7-5-4-6-8-17/h4-8,13-15H,9-12H2,1-3H3,(H,24,25,27)/t14-,15-/m0/s1. The molecule has 2 atom stereocenters. The third kappa shape index (κ3) is 4.91. The number of carbonyl (C=O) groups excluding carboxylic acids is 1. The van der Waals surface area contributed by atoms with Crippen molar-refractivity contribution in [3.05, 3.63) is 52.0 Å². The predicted octanol–water partition coefficient (Wildman–Crippen LogP) is 5.31. The monoisotopic (exact) mass is 426 g/mol. The molecule has 0 saturated carbocycles. The first-order valence-corrected chi connectivity index (χ1v) is 11.7. The first-order chi connectivity index (χ1) is 14.0. The van der Waals surface area contributed by atoms with Gasteiger partial charge in [-0.3, -0.25) is 15.0 Å². The van der Waals surface area contributed by atoms with E-state index in [0.29, 0.717) is 10.0 Å². The summed E-state index contributed by atoms with van der Waals surface area (Å²) in [6, 6.07) is 9.95. The molecular formula is C22H26N4OS2. The molecule has 1 saturated heterocycles. The van der Waals surface area contributed by atoms with Crippen LogP contribution >= 0.6 is 22.7 Å². The minimum absolute atomic E-state index is 0.136. The zero-order chi connectivity index (χ0) is 20.4. The lowest BCUT2D eigenvalue weighted by atomic mass is 9.92. The summed E-state index contributed by atoms with van der Waals surface area (Å²) in [5, 5.41) is 6.52. The fourth-order valence-corrected chi connectivity index (χ4v) is 5.72. The van der Waals surface area contributed by atoms with E-state index in [2.05, 4.69) is 39.4 Å². The largest absolute Gasteiger partial charge is 0.297 e. The zero-order valence-corrected chi connectivity index (χ0v) is 18.6. The highest BCUT2D eigenvalue weighted by Crippen LogP contribution is 2.29. The molecule has 4 rings (SSSR count). The lowest BCUT2D eigenvalue weighted by Crippen LogP contribution is -2.38. The summed E-state index contributed by atoms with van der Waals surface area (Å²) in [4.78, 5) is 25.1. The molecule has 0 radical (unpaired) electrons. The van der Waals surface area contributed by atoms with Crippen LogP contribution < -0.4 is 5.32 Å². The van der Waals surface area contributed by atoms with Crippen molar-refractivity contribution in [2.24, 2.45) is 11.8 Å². The number of rotatable bonds is 5. The number of piperidine rings is 1. The van der Waals surface area contributed by atoms with E-state index in [1.54, 1.807) is 0 Å². The van der Waals surface area contributed by atoms with Gasteiger partial charge in [-0.2, -0.15) is 0 Å². The molecule has 3 aromatic rings. The van der Waals surface area contributed by atoms with Crippen molar-refractivity contribution in [3.63, 3.8) is 0 Å². The fraction of sp³-hybridized carbons (Fsp3) is 0.409. The lowest BCUT2D eigenvalue weighted by molar-refractivity contribution is 0.102. The van der Waals surface area contributed by atoms with Crippen LogP contribution in [0.2, 0.25) is 0 Å². The Balaban J connectivity index is 1.41. The van der Waals surface area contributed by atoms with Crippen molar-refractivity contribution in [3.8, 4) is 10.6 Å². The minimum atomic E-state index is -0.136. The van der Waals surface area contributed by atoms with Gasteiger partial charge in [0, 0.05) is 30.6 Å². The minimum Gasteiger partial charge on any atom is -0.297 e. The molecular weight excluding hydrogens is 400 g/mol. The number of carbonyl (C=O) groups is 1. The molecule has 1 N–H and O–H groups in total. The average Bonchev–Trinajstić information content (AvgIpc) is 3.28. The smallest absolute Gasteiger partial charge is 0.269 e. The van der Waals surface area contributed by atoms with Crippen molar-refractivity contribution in [2.45, 2.75) is 33.7 Å². The number of benzene rings is 1. The Hall–Kier alpha value is -2.09. The van der Waals surface area contributed by atoms with Gasteiger partial charge in [0.25, 0.3) is 5.91 Å². The van der Waals surface area contributed by atoms with Crippen LogP contribution in [0.25, 0.3) is 10.6 Å². The van der Waals surface area contributed by atoms with Crippen molar-refractivity contribution in [1.82, 2.24) is 14.9 Å². The quantitative estimate of drug-likeness (QED) is 0.601. The Morgan fingerprint density at radius 2 is 1.90 bits per heavy atom. The summed E-state index contributed by atoms with van der Waals surface area (Å²) in [5.41, 5.74) is 2.80. The molecule has 0 aliphatic carbocycles. The van der Waals surface area contributed by atoms with E-state index in [4.69, 9.17) is 0 Å². The van der Waals surface area contributed by atoms with Crippen LogP contribution in [-0.4, -0.2) is 33.9 Å². The van der Waals surface area contributed by atoms with Gasteiger partial charge in [-0.15, -0.1) is 22.7 Å². The van der Waals surface area contributed by atoms with Crippen LogP contribution in [0.5, 0.6) is 0 Å². The summed E-state index contributed by atoms with van der Waals surface area (Å²) >= 11 is 2.91. The van der Waals surface area contributed by atoms with Gasteiger partial charge in [-0.25, -0.2) is 9.97 Å². The fourth-order valence-electron chi connectivity index (χ4n) is 4.05. The maximum Gasteiger partial charge on any atom is 0.269 e. The molecule has 1 amide bonds.